The van der Waals surface area contributed by atoms with Gasteiger partial charge in [-0.15, -0.1) is 0 Å². The summed E-state index contributed by atoms with van der Waals surface area (Å²) in [5.41, 5.74) is 53.1. The van der Waals surface area contributed by atoms with E-state index in [1.165, 1.54) is 17.0 Å². The fraction of sp³-hybridized carbons (Fsp3) is 0.543. The second-order valence-electron chi connectivity index (χ2n) is 26.3. The zero-order valence-electron chi connectivity index (χ0n) is 60.0. The van der Waals surface area contributed by atoms with E-state index in [1.54, 1.807) is 100 Å². The van der Waals surface area contributed by atoms with Gasteiger partial charge < -0.3 is 109 Å². The van der Waals surface area contributed by atoms with Crippen molar-refractivity contribution < 1.29 is 57.8 Å². The van der Waals surface area contributed by atoms with Crippen molar-refractivity contribution in [1.82, 2.24) is 52.8 Å². The summed E-state index contributed by atoms with van der Waals surface area (Å²) in [6.45, 7) is 7.04. The molecule has 34 nitrogen and oxygen atoms in total. The van der Waals surface area contributed by atoms with Gasteiger partial charge in [-0.3, -0.25) is 67.7 Å². The van der Waals surface area contributed by atoms with Gasteiger partial charge in [-0.25, -0.2) is 0 Å². The third-order valence-corrected chi connectivity index (χ3v) is 17.3. The number of phenols is 1. The first-order valence-electron chi connectivity index (χ1n) is 35.3. The molecule has 1 heterocycles. The number of rotatable bonds is 46. The van der Waals surface area contributed by atoms with Gasteiger partial charge in [0.05, 0.1) is 12.6 Å². The second kappa shape index (κ2) is 45.4. The summed E-state index contributed by atoms with van der Waals surface area (Å²) in [6.07, 6.45) is 2.33. The Bertz CT molecular complexity index is 3370. The number of benzene rings is 3. The van der Waals surface area contributed by atoms with Crippen LogP contribution in [0.4, 0.5) is 0 Å². The third kappa shape index (κ3) is 31.3. The number of nitrogens with one attached hydrogen (secondary N) is 9. The molecule has 0 spiro atoms. The predicted octanol–water partition coefficient (Wildman–Crippen LogP) is -3.40. The molecule has 34 heteroatoms. The van der Waals surface area contributed by atoms with E-state index in [4.69, 9.17) is 51.6 Å². The summed E-state index contributed by atoms with van der Waals surface area (Å²) in [7, 11) is 0. The fourth-order valence-corrected chi connectivity index (χ4v) is 11.5. The maximum Gasteiger partial charge on any atom is 0.245 e. The molecule has 28 N–H and O–H groups in total. The molecular formula is C70H110N22O12. The van der Waals surface area contributed by atoms with E-state index in [9.17, 15) is 57.8 Å². The van der Waals surface area contributed by atoms with Crippen LogP contribution < -0.4 is 99.5 Å². The van der Waals surface area contributed by atoms with Crippen molar-refractivity contribution in [3.8, 4) is 5.75 Å². The van der Waals surface area contributed by atoms with Crippen LogP contribution in [0.2, 0.25) is 0 Å². The Balaban J connectivity index is 1.65. The zero-order chi connectivity index (χ0) is 76.8. The molecule has 104 heavy (non-hydrogen) atoms. The number of aromatic hydroxyl groups is 1. The van der Waals surface area contributed by atoms with E-state index in [2.05, 4.69) is 62.8 Å². The van der Waals surface area contributed by atoms with Crippen LogP contribution in [-0.2, 0) is 72.0 Å². The van der Waals surface area contributed by atoms with Gasteiger partial charge in [0.2, 0.25) is 65.0 Å². The minimum atomic E-state index is -1.45. The third-order valence-electron chi connectivity index (χ3n) is 17.3. The number of carbonyl (C=O) groups is 11. The molecule has 0 aliphatic carbocycles. The lowest BCUT2D eigenvalue weighted by Crippen LogP contribution is -2.61. The van der Waals surface area contributed by atoms with Crippen LogP contribution in [0.1, 0.15) is 128 Å². The SMILES string of the molecule is CC[C@H](C)[C@H](NC(=O)[C@H](CCCN=C(N)N)NC(=O)[C@H](CCCN=C(N)N)NC(=O)[C@H](CC(C)C)NC(=O)[C@H](Cc1ccccc1)NC(=O)[C@H](Cc1ccccc1)NC(=O)CNC(=O)[C@@H](N)Cc1ccc(O)cc1)C(=O)N[C@@H](CCCN=C(N)N)C(=O)N1CCC[C@H]1C(=O)N[C@@H](CCCCN)C(N)=O. The topological polar surface area (TPSA) is 591 Å². The zero-order valence-corrected chi connectivity index (χ0v) is 60.0. The fourth-order valence-electron chi connectivity index (χ4n) is 11.5. The number of primary amides is 1. The van der Waals surface area contributed by atoms with Gasteiger partial charge >= 0.3 is 0 Å². The molecule has 0 bridgehead atoms. The number of nitrogens with zero attached hydrogens (tertiary/aromatic N) is 4. The minimum Gasteiger partial charge on any atom is -0.508 e. The molecule has 0 unspecified atom stereocenters. The number of hydrogen-bond donors (Lipinski definition) is 19. The van der Waals surface area contributed by atoms with Gasteiger partial charge in [0.15, 0.2) is 17.9 Å². The van der Waals surface area contributed by atoms with Gasteiger partial charge in [-0.1, -0.05) is 107 Å². The Morgan fingerprint density at radius 2 is 0.942 bits per heavy atom. The Morgan fingerprint density at radius 3 is 1.43 bits per heavy atom. The molecule has 1 aliphatic heterocycles. The Morgan fingerprint density at radius 1 is 0.500 bits per heavy atom. The highest BCUT2D eigenvalue weighted by Gasteiger charge is 2.41. The second-order valence-corrected chi connectivity index (χ2v) is 26.3. The lowest BCUT2D eigenvalue weighted by atomic mass is 9.96. The van der Waals surface area contributed by atoms with E-state index in [-0.39, 0.29) is 133 Å². The first kappa shape index (κ1) is 85.8. The van der Waals surface area contributed by atoms with Crippen LogP contribution in [0, 0.1) is 11.8 Å². The summed E-state index contributed by atoms with van der Waals surface area (Å²) in [5.74, 6) is -9.93. The number of amides is 11. The maximum atomic E-state index is 14.9. The minimum absolute atomic E-state index is 0.00181. The van der Waals surface area contributed by atoms with Gasteiger partial charge in [0.1, 0.15) is 60.1 Å². The highest BCUT2D eigenvalue weighted by Crippen LogP contribution is 2.22. The van der Waals surface area contributed by atoms with E-state index < -0.39 is 138 Å². The largest absolute Gasteiger partial charge is 0.508 e. The molecule has 572 valence electrons. The van der Waals surface area contributed by atoms with Crippen molar-refractivity contribution in [2.75, 3.05) is 39.3 Å². The van der Waals surface area contributed by atoms with Gasteiger partial charge in [0.25, 0.3) is 0 Å². The average Bonchev–Trinajstić information content (AvgIpc) is 1.57. The summed E-state index contributed by atoms with van der Waals surface area (Å²) in [6, 6.07) is 10.8. The molecule has 3 aromatic rings. The molecule has 3 aromatic carbocycles. The summed E-state index contributed by atoms with van der Waals surface area (Å²) < 4.78 is 0. The monoisotopic (exact) mass is 1450 g/mol. The van der Waals surface area contributed by atoms with Crippen molar-refractivity contribution in [2.45, 2.75) is 191 Å². The van der Waals surface area contributed by atoms with Gasteiger partial charge in [0, 0.05) is 39.0 Å². The molecule has 1 saturated heterocycles. The van der Waals surface area contributed by atoms with Crippen molar-refractivity contribution in [3.63, 3.8) is 0 Å². The number of likely N-dealkylation sites (tertiary alicyclic amines) is 1. The normalized spacial score (nSPS) is 15.4. The summed E-state index contributed by atoms with van der Waals surface area (Å²) in [5, 5.41) is 34.3. The van der Waals surface area contributed by atoms with Crippen molar-refractivity contribution >= 4 is 82.9 Å². The van der Waals surface area contributed by atoms with Crippen molar-refractivity contribution in [1.29, 1.82) is 0 Å². The average molecular weight is 1450 g/mol. The predicted molar refractivity (Wildman–Crippen MR) is 394 cm³/mol. The number of phenolic OH excluding ortho intramolecular Hbond substituents is 1. The van der Waals surface area contributed by atoms with Crippen LogP contribution in [0.3, 0.4) is 0 Å². The molecular weight excluding hydrogens is 1340 g/mol. The Labute approximate surface area is 607 Å². The number of guanidine groups is 3. The van der Waals surface area contributed by atoms with Crippen LogP contribution in [0.15, 0.2) is 99.9 Å². The first-order valence-corrected chi connectivity index (χ1v) is 35.3. The van der Waals surface area contributed by atoms with Crippen LogP contribution >= 0.6 is 0 Å². The molecule has 1 fully saturated rings. The molecule has 0 aromatic heterocycles. The maximum absolute atomic E-state index is 14.9. The van der Waals surface area contributed by atoms with E-state index in [0.29, 0.717) is 48.9 Å². The Hall–Kier alpha value is -10.6. The van der Waals surface area contributed by atoms with E-state index in [1.807, 2.05) is 0 Å². The lowest BCUT2D eigenvalue weighted by Gasteiger charge is -2.32. The number of unbranched alkanes of at least 4 members (excludes halogenated alkanes) is 1. The van der Waals surface area contributed by atoms with Crippen LogP contribution in [0.5, 0.6) is 5.75 Å². The Kier molecular flexibility index (Phi) is 37.4. The van der Waals surface area contributed by atoms with Gasteiger partial charge in [-0.05, 0) is 131 Å². The molecule has 11 atom stereocenters. The van der Waals surface area contributed by atoms with E-state index >= 15 is 0 Å². The molecule has 4 rings (SSSR count). The highest BCUT2D eigenvalue weighted by molar-refractivity contribution is 5.99. The standard InChI is InChI=1S/C70H110N22O12/c1-5-42(4)57(66(103)88-51(25-16-34-82-70(78)79)67(104)92-35-17-26-55(92)65(102)85-48(58(73)95)22-12-13-31-71)91-61(98)50(24-15-33-81-69(76)77)86-60(97)49(23-14-32-80-68(74)75)87-62(99)52(36-41(2)3)89-64(101)54(39-44-20-10-7-11-21-44)90-63(100)53(38-43-18-8-6-9-19-43)84-56(94)40-83-59(96)47(72)37-45-27-29-46(93)30-28-45/h6-11,18-21,27-30,41-42,47-55,57,93H,5,12-17,22-26,31-40,71-72H2,1-4H3,(H2,73,95)(H,83,96)(H,84,94)(H,85,102)(H,86,97)(H,87,99)(H,88,103)(H,89,101)(H,90,100)(H,91,98)(H4,74,75,80)(H4,76,77,81)(H4,78,79,82)/t42-,47-,48-,49-,50-,51-,52-,53-,54-,55-,57-/m0/s1. The summed E-state index contributed by atoms with van der Waals surface area (Å²) >= 11 is 0. The van der Waals surface area contributed by atoms with Crippen molar-refractivity contribution in [3.05, 3.63) is 102 Å². The molecule has 0 saturated carbocycles. The van der Waals surface area contributed by atoms with Crippen molar-refractivity contribution in [2.24, 2.45) is 78.4 Å². The first-order chi connectivity index (χ1) is 49.5. The van der Waals surface area contributed by atoms with Crippen LogP contribution in [-0.4, -0.2) is 193 Å². The number of hydrogen-bond acceptors (Lipinski definition) is 17. The quantitative estimate of drug-likeness (QED) is 0.0149. The number of carbonyl (C=O) groups excluding carboxylic acids is 11. The van der Waals surface area contributed by atoms with Gasteiger partial charge in [-0.2, -0.15) is 0 Å². The summed E-state index contributed by atoms with van der Waals surface area (Å²) in [4.78, 5) is 170. The molecule has 0 radical (unpaired) electrons. The molecule has 11 amide bonds. The smallest absolute Gasteiger partial charge is 0.245 e. The lowest BCUT2D eigenvalue weighted by molar-refractivity contribution is -0.142. The molecule has 1 aliphatic rings. The highest BCUT2D eigenvalue weighted by atomic mass is 16.3. The number of nitrogens with two attached hydrogens (primary N) is 9. The van der Waals surface area contributed by atoms with Crippen LogP contribution in [0.25, 0.3) is 0 Å². The van der Waals surface area contributed by atoms with E-state index in [0.717, 1.165) is 0 Å². The number of aliphatic imine (C=N–C) groups is 3.